The van der Waals surface area contributed by atoms with Gasteiger partial charge in [-0.25, -0.2) is 0 Å². The quantitative estimate of drug-likeness (QED) is 0.340. The largest absolute Gasteiger partial charge is 1.00 e. The number of rotatable bonds is 2. The first kappa shape index (κ1) is 24.0. The normalized spacial score (nSPS) is 13.5. The zero-order valence-electron chi connectivity index (χ0n) is 17.9. The van der Waals surface area contributed by atoms with Gasteiger partial charge in [-0.1, -0.05) is 0 Å². The second-order valence-corrected chi connectivity index (χ2v) is 9.99. The maximum Gasteiger partial charge on any atom is -1.00 e. The van der Waals surface area contributed by atoms with Crippen molar-refractivity contribution in [1.29, 1.82) is 0 Å². The second-order valence-electron chi connectivity index (χ2n) is 8.20. The molecule has 0 radical (unpaired) electrons. The zero-order valence-corrected chi connectivity index (χ0v) is 23.0. The molecule has 0 spiro atoms. The summed E-state index contributed by atoms with van der Waals surface area (Å²) in [6, 6.07) is 22.6. The van der Waals surface area contributed by atoms with Crippen molar-refractivity contribution in [3.8, 4) is 0 Å². The number of benzene rings is 3. The molecule has 0 aromatic heterocycles. The molecular formula is C28H23Cl2Hf. The van der Waals surface area contributed by atoms with Crippen molar-refractivity contribution in [2.24, 2.45) is 0 Å². The number of fused-ring (bicyclic) bond motifs is 2. The molecule has 0 amide bonds. The van der Waals surface area contributed by atoms with Gasteiger partial charge >= 0.3 is 188 Å². The van der Waals surface area contributed by atoms with E-state index in [1.165, 1.54) is 63.2 Å². The summed E-state index contributed by atoms with van der Waals surface area (Å²) in [6.45, 7) is 6.64. The molecule has 0 aliphatic heterocycles. The van der Waals surface area contributed by atoms with E-state index in [9.17, 15) is 0 Å². The van der Waals surface area contributed by atoms with Crippen LogP contribution in [0.1, 0.15) is 42.5 Å². The number of allylic oxidation sites excluding steroid dienone is 4. The summed E-state index contributed by atoms with van der Waals surface area (Å²) in [4.78, 5) is 0. The summed E-state index contributed by atoms with van der Waals surface area (Å²) in [5.74, 6) is 0. The molecule has 0 saturated carbocycles. The van der Waals surface area contributed by atoms with E-state index in [1.54, 1.807) is 0 Å². The van der Waals surface area contributed by atoms with Gasteiger partial charge in [0.15, 0.2) is 0 Å². The third kappa shape index (κ3) is 3.97. The molecule has 0 atom stereocenters. The summed E-state index contributed by atoms with van der Waals surface area (Å²) in [5.41, 5.74) is 9.82. The maximum absolute atomic E-state index is 2.35. The summed E-state index contributed by atoms with van der Waals surface area (Å²) < 4.78 is 1.54. The predicted octanol–water partition coefficient (Wildman–Crippen LogP) is -0.632. The third-order valence-corrected chi connectivity index (χ3v) is 7.94. The Kier molecular flexibility index (Phi) is 7.31. The van der Waals surface area contributed by atoms with Crippen molar-refractivity contribution in [2.45, 2.75) is 27.2 Å². The molecule has 0 N–H and O–H groups in total. The maximum atomic E-state index is 2.35. The van der Waals surface area contributed by atoms with Gasteiger partial charge in [0.2, 0.25) is 0 Å². The van der Waals surface area contributed by atoms with E-state index in [1.807, 2.05) is 0 Å². The van der Waals surface area contributed by atoms with Crippen LogP contribution in [0.5, 0.6) is 0 Å². The summed E-state index contributed by atoms with van der Waals surface area (Å²) >= 11 is 1.05. The Labute approximate surface area is 211 Å². The Morgan fingerprint density at radius 2 is 1.45 bits per heavy atom. The van der Waals surface area contributed by atoms with Crippen molar-refractivity contribution in [1.82, 2.24) is 0 Å². The van der Waals surface area contributed by atoms with Crippen LogP contribution in [0.15, 0.2) is 72.8 Å². The van der Waals surface area contributed by atoms with Crippen LogP contribution in [-0.4, -0.2) is 0 Å². The Bertz CT molecular complexity index is 1440. The summed E-state index contributed by atoms with van der Waals surface area (Å²) in [7, 11) is 0. The number of halogens is 2. The van der Waals surface area contributed by atoms with Gasteiger partial charge in [0.1, 0.15) is 0 Å². The monoisotopic (exact) mass is 609 g/mol. The fourth-order valence-electron chi connectivity index (χ4n) is 4.63. The standard InChI is InChI=1S/C28H23.2ClH.Hf/c1-18(2)22-15-16-25-24-8-5-4-7-21(24)17-27(25)28(22)26-10-6-9-23(26)20-13-11-19(3)12-14-20;;;/h4-9,11-16H,10H2,1-3H3;2*1H;/q;;;+2/p-2. The molecule has 2 aliphatic carbocycles. The van der Waals surface area contributed by atoms with Gasteiger partial charge in [-0.3, -0.25) is 0 Å². The van der Waals surface area contributed by atoms with Crippen LogP contribution < -0.4 is 35.3 Å². The van der Waals surface area contributed by atoms with E-state index in [4.69, 9.17) is 0 Å². The molecule has 2 aliphatic rings. The first-order valence-corrected chi connectivity index (χ1v) is 12.0. The van der Waals surface area contributed by atoms with E-state index in [2.05, 4.69) is 93.6 Å². The van der Waals surface area contributed by atoms with E-state index in [0.717, 1.165) is 30.8 Å². The Morgan fingerprint density at radius 3 is 2.13 bits per heavy atom. The van der Waals surface area contributed by atoms with Gasteiger partial charge < -0.3 is 24.8 Å². The molecule has 31 heavy (non-hydrogen) atoms. The first-order valence-electron chi connectivity index (χ1n) is 10.2. The van der Waals surface area contributed by atoms with Gasteiger partial charge in [-0.15, -0.1) is 0 Å². The second kappa shape index (κ2) is 9.45. The summed E-state index contributed by atoms with van der Waals surface area (Å²) in [5, 5.41) is 5.64. The van der Waals surface area contributed by atoms with Crippen LogP contribution in [0.3, 0.4) is 0 Å². The van der Waals surface area contributed by atoms with Crippen LogP contribution in [0.25, 0.3) is 20.0 Å². The minimum atomic E-state index is 0. The van der Waals surface area contributed by atoms with Crippen LogP contribution in [0.4, 0.5) is 0 Å². The Hall–Kier alpha value is -1.67. The molecule has 3 aromatic carbocycles. The molecule has 3 heteroatoms. The van der Waals surface area contributed by atoms with Gasteiger partial charge in [0.25, 0.3) is 0 Å². The van der Waals surface area contributed by atoms with Crippen LogP contribution >= 0.6 is 0 Å². The number of aryl methyl sites for hydroxylation is 1. The van der Waals surface area contributed by atoms with Crippen molar-refractivity contribution >= 4 is 20.0 Å². The molecule has 0 fully saturated rings. The molecule has 0 nitrogen and oxygen atoms in total. The summed E-state index contributed by atoms with van der Waals surface area (Å²) in [6.07, 6.45) is 5.65. The van der Waals surface area contributed by atoms with E-state index in [-0.39, 0.29) is 24.8 Å². The minimum absolute atomic E-state index is 0. The van der Waals surface area contributed by atoms with Gasteiger partial charge in [-0.2, -0.15) is 0 Å². The smallest absolute Gasteiger partial charge is 1.00 e. The van der Waals surface area contributed by atoms with Gasteiger partial charge in [-0.05, 0) is 0 Å². The molecule has 0 unspecified atom stereocenters. The first-order chi connectivity index (χ1) is 14.1. The molecule has 0 heterocycles. The van der Waals surface area contributed by atoms with E-state index in [0.29, 0.717) is 0 Å². The zero-order chi connectivity index (χ0) is 20.1. The molecule has 0 saturated heterocycles. The number of hydrogen-bond donors (Lipinski definition) is 0. The Morgan fingerprint density at radius 1 is 0.774 bits per heavy atom. The van der Waals surface area contributed by atoms with Crippen molar-refractivity contribution in [3.63, 3.8) is 0 Å². The van der Waals surface area contributed by atoms with Gasteiger partial charge in [0, 0.05) is 0 Å². The number of hydrogen-bond acceptors (Lipinski definition) is 0. The Balaban J connectivity index is 0.00000136. The molecule has 3 aromatic rings. The van der Waals surface area contributed by atoms with Crippen LogP contribution in [0.2, 0.25) is 0 Å². The predicted molar refractivity (Wildman–Crippen MR) is 119 cm³/mol. The average molecular weight is 609 g/mol. The molecule has 153 valence electrons. The fraction of sp³-hybridized carbons (Fsp3) is 0.143. The van der Waals surface area contributed by atoms with Crippen molar-refractivity contribution < 1.29 is 49.2 Å². The van der Waals surface area contributed by atoms with Crippen LogP contribution in [-0.2, 0) is 24.4 Å². The topological polar surface area (TPSA) is 0 Å². The van der Waals surface area contributed by atoms with Crippen LogP contribution in [0, 0.1) is 17.4 Å². The van der Waals surface area contributed by atoms with Crippen molar-refractivity contribution in [3.05, 3.63) is 116 Å². The van der Waals surface area contributed by atoms with Crippen molar-refractivity contribution in [2.75, 3.05) is 0 Å². The third-order valence-electron chi connectivity index (χ3n) is 6.08. The SMILES string of the molecule is CC(C)=c1ccc2c(c1C1=C(c3ccc(C)cc3)C=CC1)[C]([Hf+2])=c1ccccc1=2.[Cl-].[Cl-]. The molecular weight excluding hydrogens is 586 g/mol. The minimum Gasteiger partial charge on any atom is -1.00 e. The van der Waals surface area contributed by atoms with E-state index < -0.39 is 0 Å². The molecule has 0 bridgehead atoms. The molecule has 5 rings (SSSR count). The fourth-order valence-corrected chi connectivity index (χ4v) is 6.35. The average Bonchev–Trinajstić information content (AvgIpc) is 3.32. The van der Waals surface area contributed by atoms with Gasteiger partial charge in [0.05, 0.1) is 0 Å². The van der Waals surface area contributed by atoms with E-state index >= 15 is 0 Å².